The average molecular weight is 223 g/mol. The maximum Gasteiger partial charge on any atom is 0.164 e. The number of thiazole rings is 1. The smallest absolute Gasteiger partial charge is 0.164 e. The Balaban J connectivity index is 1.80. The summed E-state index contributed by atoms with van der Waals surface area (Å²) < 4.78 is 0. The van der Waals surface area contributed by atoms with Gasteiger partial charge in [0.15, 0.2) is 5.82 Å². The highest BCUT2D eigenvalue weighted by atomic mass is 32.1. The Hall–Kier alpha value is -1.27. The Labute approximate surface area is 92.0 Å². The number of nitrogens with zero attached hydrogens (tertiary/aromatic N) is 3. The van der Waals surface area contributed by atoms with Crippen molar-refractivity contribution in [1.82, 2.24) is 25.5 Å². The minimum atomic E-state index is 0.670. The molecule has 0 aliphatic heterocycles. The van der Waals surface area contributed by atoms with Crippen LogP contribution < -0.4 is 5.32 Å². The summed E-state index contributed by atoms with van der Waals surface area (Å²) in [6, 6.07) is 0. The zero-order chi connectivity index (χ0) is 10.7. The van der Waals surface area contributed by atoms with E-state index in [9.17, 15) is 0 Å². The molecule has 2 rings (SSSR count). The molecule has 0 amide bonds. The minimum Gasteiger partial charge on any atom is -0.303 e. The number of nitrogens with one attached hydrogen (secondary N) is 2. The molecule has 0 saturated heterocycles. The third-order valence-electron chi connectivity index (χ3n) is 1.87. The predicted octanol–water partition coefficient (Wildman–Crippen LogP) is 1.17. The van der Waals surface area contributed by atoms with Gasteiger partial charge in [-0.1, -0.05) is 0 Å². The monoisotopic (exact) mass is 223 g/mol. The largest absolute Gasteiger partial charge is 0.303 e. The van der Waals surface area contributed by atoms with Crippen molar-refractivity contribution in [3.8, 4) is 0 Å². The highest BCUT2D eigenvalue weighted by molar-refractivity contribution is 7.09. The topological polar surface area (TPSA) is 66.5 Å². The molecule has 2 heterocycles. The van der Waals surface area contributed by atoms with Gasteiger partial charge in [-0.15, -0.1) is 11.3 Å². The van der Waals surface area contributed by atoms with Gasteiger partial charge in [0.2, 0.25) is 0 Å². The number of hydrogen-bond donors (Lipinski definition) is 2. The quantitative estimate of drug-likeness (QED) is 0.816. The van der Waals surface area contributed by atoms with Crippen LogP contribution in [0, 0.1) is 13.8 Å². The van der Waals surface area contributed by atoms with E-state index in [1.807, 2.05) is 19.2 Å². The maximum absolute atomic E-state index is 4.35. The van der Waals surface area contributed by atoms with Crippen molar-refractivity contribution in [3.05, 3.63) is 27.7 Å². The van der Waals surface area contributed by atoms with Crippen molar-refractivity contribution < 1.29 is 0 Å². The van der Waals surface area contributed by atoms with Crippen molar-refractivity contribution in [2.45, 2.75) is 26.9 Å². The van der Waals surface area contributed by atoms with Gasteiger partial charge in [-0.3, -0.25) is 5.10 Å². The normalized spacial score (nSPS) is 10.8. The maximum atomic E-state index is 4.35. The Bertz CT molecular complexity index is 393. The van der Waals surface area contributed by atoms with Crippen LogP contribution in [0.4, 0.5) is 0 Å². The van der Waals surface area contributed by atoms with Crippen LogP contribution in [-0.2, 0) is 13.1 Å². The van der Waals surface area contributed by atoms with Crippen LogP contribution in [0.2, 0.25) is 0 Å². The van der Waals surface area contributed by atoms with Gasteiger partial charge in [0.1, 0.15) is 10.8 Å². The van der Waals surface area contributed by atoms with Gasteiger partial charge in [0, 0.05) is 17.6 Å². The first-order valence-corrected chi connectivity index (χ1v) is 5.61. The highest BCUT2D eigenvalue weighted by Crippen LogP contribution is 2.07. The lowest BCUT2D eigenvalue weighted by Crippen LogP contribution is -2.13. The SMILES string of the molecule is Cc1csc(CNCc2n[nH]c(C)n2)n1. The molecule has 0 aromatic carbocycles. The van der Waals surface area contributed by atoms with Gasteiger partial charge in [-0.2, -0.15) is 5.10 Å². The molecular weight excluding hydrogens is 210 g/mol. The van der Waals surface area contributed by atoms with Gasteiger partial charge >= 0.3 is 0 Å². The van der Waals surface area contributed by atoms with Crippen LogP contribution in [0.3, 0.4) is 0 Å². The van der Waals surface area contributed by atoms with E-state index < -0.39 is 0 Å². The molecule has 0 aliphatic rings. The lowest BCUT2D eigenvalue weighted by Gasteiger charge is -1.97. The standard InChI is InChI=1S/C9H13N5S/c1-6-5-15-9(11-6)4-10-3-8-12-7(2)13-14-8/h5,10H,3-4H2,1-2H3,(H,12,13,14). The fourth-order valence-electron chi connectivity index (χ4n) is 1.23. The van der Waals surface area contributed by atoms with E-state index in [4.69, 9.17) is 0 Å². The summed E-state index contributed by atoms with van der Waals surface area (Å²) >= 11 is 1.67. The number of aromatic nitrogens is 4. The van der Waals surface area contributed by atoms with Gasteiger partial charge < -0.3 is 5.32 Å². The fraction of sp³-hybridized carbons (Fsp3) is 0.444. The summed E-state index contributed by atoms with van der Waals surface area (Å²) in [6.45, 7) is 5.33. The molecule has 0 bridgehead atoms. The summed E-state index contributed by atoms with van der Waals surface area (Å²) in [5.41, 5.74) is 1.07. The van der Waals surface area contributed by atoms with Crippen molar-refractivity contribution in [3.63, 3.8) is 0 Å². The summed E-state index contributed by atoms with van der Waals surface area (Å²) in [6.07, 6.45) is 0. The van der Waals surface area contributed by atoms with E-state index in [2.05, 4.69) is 25.5 Å². The number of aryl methyl sites for hydroxylation is 2. The summed E-state index contributed by atoms with van der Waals surface area (Å²) in [5.74, 6) is 1.64. The Morgan fingerprint density at radius 1 is 1.33 bits per heavy atom. The van der Waals surface area contributed by atoms with E-state index in [0.29, 0.717) is 6.54 Å². The summed E-state index contributed by atoms with van der Waals surface area (Å²) in [4.78, 5) is 8.56. The van der Waals surface area contributed by atoms with Gasteiger partial charge in [0.25, 0.3) is 0 Å². The van der Waals surface area contributed by atoms with E-state index in [1.54, 1.807) is 11.3 Å². The summed E-state index contributed by atoms with van der Waals surface area (Å²) in [5, 5.41) is 13.2. The lowest BCUT2D eigenvalue weighted by molar-refractivity contribution is 0.661. The van der Waals surface area contributed by atoms with E-state index in [-0.39, 0.29) is 0 Å². The molecule has 6 heteroatoms. The molecule has 5 nitrogen and oxygen atoms in total. The van der Waals surface area contributed by atoms with Crippen molar-refractivity contribution >= 4 is 11.3 Å². The zero-order valence-electron chi connectivity index (χ0n) is 8.74. The van der Waals surface area contributed by atoms with Crippen LogP contribution in [0.1, 0.15) is 22.4 Å². The first-order chi connectivity index (χ1) is 7.24. The second kappa shape index (κ2) is 4.50. The van der Waals surface area contributed by atoms with E-state index >= 15 is 0 Å². The van der Waals surface area contributed by atoms with Crippen LogP contribution in [-0.4, -0.2) is 20.2 Å². The average Bonchev–Trinajstić information content (AvgIpc) is 2.76. The predicted molar refractivity (Wildman–Crippen MR) is 58.5 cm³/mol. The molecule has 0 aliphatic carbocycles. The number of H-pyrrole nitrogens is 1. The first-order valence-electron chi connectivity index (χ1n) is 4.73. The van der Waals surface area contributed by atoms with E-state index in [1.165, 1.54) is 0 Å². The minimum absolute atomic E-state index is 0.670. The number of aromatic amines is 1. The van der Waals surface area contributed by atoms with Gasteiger partial charge in [-0.05, 0) is 13.8 Å². The van der Waals surface area contributed by atoms with Crippen molar-refractivity contribution in [2.75, 3.05) is 0 Å². The number of rotatable bonds is 4. The van der Waals surface area contributed by atoms with Gasteiger partial charge in [0.05, 0.1) is 6.54 Å². The molecule has 2 aromatic heterocycles. The molecule has 0 fully saturated rings. The molecule has 0 unspecified atom stereocenters. The molecule has 80 valence electrons. The number of hydrogen-bond acceptors (Lipinski definition) is 5. The Morgan fingerprint density at radius 3 is 2.80 bits per heavy atom. The van der Waals surface area contributed by atoms with Crippen LogP contribution >= 0.6 is 11.3 Å². The second-order valence-corrected chi connectivity index (χ2v) is 4.27. The fourth-order valence-corrected chi connectivity index (χ4v) is 1.97. The molecule has 0 saturated carbocycles. The molecule has 0 atom stereocenters. The first kappa shape index (κ1) is 10.3. The Morgan fingerprint density at radius 2 is 2.20 bits per heavy atom. The zero-order valence-corrected chi connectivity index (χ0v) is 9.56. The van der Waals surface area contributed by atoms with Crippen molar-refractivity contribution in [2.24, 2.45) is 0 Å². The molecule has 0 radical (unpaired) electrons. The lowest BCUT2D eigenvalue weighted by atomic mass is 10.5. The van der Waals surface area contributed by atoms with Crippen LogP contribution in [0.5, 0.6) is 0 Å². The summed E-state index contributed by atoms with van der Waals surface area (Å²) in [7, 11) is 0. The third kappa shape index (κ3) is 2.84. The van der Waals surface area contributed by atoms with Crippen molar-refractivity contribution in [1.29, 1.82) is 0 Å². The molecule has 2 aromatic rings. The van der Waals surface area contributed by atoms with E-state index in [0.717, 1.165) is 28.9 Å². The molecular formula is C9H13N5S. The molecule has 15 heavy (non-hydrogen) atoms. The second-order valence-electron chi connectivity index (χ2n) is 3.32. The van der Waals surface area contributed by atoms with Crippen LogP contribution in [0.25, 0.3) is 0 Å². The van der Waals surface area contributed by atoms with Gasteiger partial charge in [-0.25, -0.2) is 9.97 Å². The molecule has 2 N–H and O–H groups in total. The highest BCUT2D eigenvalue weighted by Gasteiger charge is 2.01. The Kier molecular flexibility index (Phi) is 3.08. The molecule has 0 spiro atoms. The van der Waals surface area contributed by atoms with Crippen LogP contribution in [0.15, 0.2) is 5.38 Å². The third-order valence-corrected chi connectivity index (χ3v) is 2.84.